The maximum Gasteiger partial charge on any atom is 0.220 e. The number of benzene rings is 1. The Labute approximate surface area is 141 Å². The molecule has 22 heavy (non-hydrogen) atoms. The summed E-state index contributed by atoms with van der Waals surface area (Å²) in [6.07, 6.45) is 1.42. The van der Waals surface area contributed by atoms with Crippen molar-refractivity contribution in [1.82, 2.24) is 10.6 Å². The molecule has 0 spiro atoms. The Morgan fingerprint density at radius 1 is 1.23 bits per heavy atom. The summed E-state index contributed by atoms with van der Waals surface area (Å²) in [7, 11) is 1.87. The maximum absolute atomic E-state index is 11.6. The number of nitrogens with one attached hydrogen (secondary N) is 2. The van der Waals surface area contributed by atoms with Gasteiger partial charge in [-0.25, -0.2) is 0 Å². The first kappa shape index (κ1) is 18.9. The first-order valence-electron chi connectivity index (χ1n) is 7.23. The van der Waals surface area contributed by atoms with Crippen LogP contribution >= 0.6 is 24.2 Å². The summed E-state index contributed by atoms with van der Waals surface area (Å²) in [6, 6.07) is 5.94. The van der Waals surface area contributed by atoms with Crippen LogP contribution in [-0.4, -0.2) is 45.0 Å². The molecule has 0 bridgehead atoms. The Morgan fingerprint density at radius 2 is 2.00 bits per heavy atom. The molecular formula is C15H23ClN2O3S. The lowest BCUT2D eigenvalue weighted by atomic mass is 10.3. The Bertz CT molecular complexity index is 474. The van der Waals surface area contributed by atoms with Gasteiger partial charge in [0.1, 0.15) is 0 Å². The second-order valence-corrected chi connectivity index (χ2v) is 5.88. The first-order chi connectivity index (χ1) is 10.3. The molecule has 1 aliphatic rings. The van der Waals surface area contributed by atoms with Crippen LogP contribution in [-0.2, 0) is 4.79 Å². The van der Waals surface area contributed by atoms with Gasteiger partial charge < -0.3 is 20.1 Å². The molecule has 0 saturated carbocycles. The van der Waals surface area contributed by atoms with Crippen molar-refractivity contribution < 1.29 is 14.3 Å². The quantitative estimate of drug-likeness (QED) is 0.585. The molecule has 2 rings (SSSR count). The van der Waals surface area contributed by atoms with Crippen LogP contribution in [0.15, 0.2) is 23.1 Å². The topological polar surface area (TPSA) is 59.6 Å². The van der Waals surface area contributed by atoms with Crippen LogP contribution in [0.2, 0.25) is 0 Å². The summed E-state index contributed by atoms with van der Waals surface area (Å²) in [6.45, 7) is 2.85. The molecule has 0 atom stereocenters. The first-order valence-corrected chi connectivity index (χ1v) is 8.22. The monoisotopic (exact) mass is 346 g/mol. The number of halogens is 1. The summed E-state index contributed by atoms with van der Waals surface area (Å²) >= 11 is 1.66. The van der Waals surface area contributed by atoms with Gasteiger partial charge >= 0.3 is 0 Å². The third-order valence-corrected chi connectivity index (χ3v) is 4.01. The van der Waals surface area contributed by atoms with Crippen LogP contribution in [0.25, 0.3) is 0 Å². The molecule has 124 valence electrons. The van der Waals surface area contributed by atoms with Gasteiger partial charge in [0.25, 0.3) is 0 Å². The molecule has 1 amide bonds. The normalized spacial score (nSPS) is 13.0. The van der Waals surface area contributed by atoms with Crippen molar-refractivity contribution in [2.24, 2.45) is 0 Å². The van der Waals surface area contributed by atoms with Gasteiger partial charge in [-0.05, 0) is 25.2 Å². The summed E-state index contributed by atoms with van der Waals surface area (Å²) in [4.78, 5) is 12.7. The molecule has 5 nitrogen and oxygen atoms in total. The van der Waals surface area contributed by atoms with Crippen molar-refractivity contribution in [2.75, 3.05) is 39.1 Å². The molecule has 0 unspecified atom stereocenters. The van der Waals surface area contributed by atoms with Gasteiger partial charge in [-0.15, -0.1) is 24.2 Å². The van der Waals surface area contributed by atoms with Crippen molar-refractivity contribution in [3.8, 4) is 11.5 Å². The smallest absolute Gasteiger partial charge is 0.220 e. The number of thioether (sulfide) groups is 1. The zero-order valence-electron chi connectivity index (χ0n) is 12.7. The van der Waals surface area contributed by atoms with E-state index in [0.717, 1.165) is 35.1 Å². The summed E-state index contributed by atoms with van der Waals surface area (Å²) in [5, 5.41) is 5.86. The van der Waals surface area contributed by atoms with Gasteiger partial charge in [-0.2, -0.15) is 0 Å². The highest BCUT2D eigenvalue weighted by atomic mass is 35.5. The zero-order chi connectivity index (χ0) is 14.9. The number of ether oxygens (including phenoxy) is 2. The molecule has 0 aliphatic carbocycles. The lowest BCUT2D eigenvalue weighted by Crippen LogP contribution is -2.30. The summed E-state index contributed by atoms with van der Waals surface area (Å²) < 4.78 is 11.3. The van der Waals surface area contributed by atoms with Crippen LogP contribution in [0.1, 0.15) is 12.8 Å². The second kappa shape index (κ2) is 10.6. The number of fused-ring (bicyclic) bond motifs is 1. The van der Waals surface area contributed by atoms with Crippen LogP contribution in [0.3, 0.4) is 0 Å². The molecule has 2 N–H and O–H groups in total. The fourth-order valence-corrected chi connectivity index (χ4v) is 2.79. The summed E-state index contributed by atoms with van der Waals surface area (Å²) in [5.74, 6) is 2.45. The lowest BCUT2D eigenvalue weighted by molar-refractivity contribution is -0.120. The van der Waals surface area contributed by atoms with Crippen LogP contribution < -0.4 is 20.1 Å². The molecule has 7 heteroatoms. The molecule has 1 heterocycles. The number of hydrogen-bond acceptors (Lipinski definition) is 5. The number of carbonyl (C=O) groups is 1. The largest absolute Gasteiger partial charge is 0.490 e. The third kappa shape index (κ3) is 6.34. The van der Waals surface area contributed by atoms with Crippen molar-refractivity contribution in [2.45, 2.75) is 17.7 Å². The minimum Gasteiger partial charge on any atom is -0.490 e. The molecule has 0 radical (unpaired) electrons. The number of carbonyl (C=O) groups excluding carboxylic acids is 1. The van der Waals surface area contributed by atoms with Crippen molar-refractivity contribution in [3.05, 3.63) is 18.2 Å². The Morgan fingerprint density at radius 3 is 2.77 bits per heavy atom. The van der Waals surface area contributed by atoms with Gasteiger partial charge in [0.15, 0.2) is 11.5 Å². The van der Waals surface area contributed by atoms with E-state index in [9.17, 15) is 4.79 Å². The van der Waals surface area contributed by atoms with Crippen molar-refractivity contribution in [3.63, 3.8) is 0 Å². The van der Waals surface area contributed by atoms with E-state index in [1.807, 2.05) is 25.2 Å². The van der Waals surface area contributed by atoms with Gasteiger partial charge in [0.2, 0.25) is 5.91 Å². The van der Waals surface area contributed by atoms with Gasteiger partial charge in [0, 0.05) is 36.6 Å². The molecule has 0 saturated heterocycles. The average Bonchev–Trinajstić information content (AvgIpc) is 2.72. The molecular weight excluding hydrogens is 324 g/mol. The van der Waals surface area contributed by atoms with E-state index in [-0.39, 0.29) is 18.3 Å². The van der Waals surface area contributed by atoms with E-state index in [1.54, 1.807) is 11.8 Å². The number of hydrogen-bond donors (Lipinski definition) is 2. The Hall–Kier alpha value is -1.11. The van der Waals surface area contributed by atoms with Crippen molar-refractivity contribution >= 4 is 30.1 Å². The average molecular weight is 347 g/mol. The third-order valence-electron chi connectivity index (χ3n) is 3.01. The van der Waals surface area contributed by atoms with E-state index in [4.69, 9.17) is 9.47 Å². The SMILES string of the molecule is CNCCNC(=O)CCSc1ccc2c(c1)OCCCO2.Cl. The Kier molecular flexibility index (Phi) is 9.11. The summed E-state index contributed by atoms with van der Waals surface area (Å²) in [5.41, 5.74) is 0. The number of amides is 1. The van der Waals surface area contributed by atoms with E-state index >= 15 is 0 Å². The number of likely N-dealkylation sites (N-methyl/N-ethyl adjacent to an activating group) is 1. The minimum absolute atomic E-state index is 0. The van der Waals surface area contributed by atoms with E-state index in [0.29, 0.717) is 26.2 Å². The lowest BCUT2D eigenvalue weighted by Gasteiger charge is -2.09. The maximum atomic E-state index is 11.6. The fourth-order valence-electron chi connectivity index (χ4n) is 1.91. The molecule has 1 aliphatic heterocycles. The van der Waals surface area contributed by atoms with Crippen molar-refractivity contribution in [1.29, 1.82) is 0 Å². The predicted molar refractivity (Wildman–Crippen MR) is 91.6 cm³/mol. The van der Waals surface area contributed by atoms with E-state index in [1.165, 1.54) is 0 Å². The highest BCUT2D eigenvalue weighted by molar-refractivity contribution is 7.99. The van der Waals surface area contributed by atoms with Gasteiger partial charge in [-0.1, -0.05) is 0 Å². The minimum atomic E-state index is 0. The standard InChI is InChI=1S/C15H22N2O3S.ClH/c1-16-6-7-17-15(18)5-10-21-12-3-4-13-14(11-12)20-9-2-8-19-13;/h3-4,11,16H,2,5-10H2,1H3,(H,17,18);1H. The van der Waals surface area contributed by atoms with Gasteiger partial charge in [-0.3, -0.25) is 4.79 Å². The molecule has 1 aromatic rings. The molecule has 1 aromatic carbocycles. The Balaban J connectivity index is 0.00000242. The highest BCUT2D eigenvalue weighted by Gasteiger charge is 2.11. The highest BCUT2D eigenvalue weighted by Crippen LogP contribution is 2.33. The fraction of sp³-hybridized carbons (Fsp3) is 0.533. The second-order valence-electron chi connectivity index (χ2n) is 4.71. The zero-order valence-corrected chi connectivity index (χ0v) is 14.4. The van der Waals surface area contributed by atoms with Crippen LogP contribution in [0.5, 0.6) is 11.5 Å². The predicted octanol–water partition coefficient (Wildman–Crippen LogP) is 2.09. The van der Waals surface area contributed by atoms with Gasteiger partial charge in [0.05, 0.1) is 13.2 Å². The number of rotatable bonds is 7. The van der Waals surface area contributed by atoms with Crippen LogP contribution in [0.4, 0.5) is 0 Å². The molecule has 0 fully saturated rings. The molecule has 0 aromatic heterocycles. The van der Waals surface area contributed by atoms with E-state index in [2.05, 4.69) is 10.6 Å². The van der Waals surface area contributed by atoms with E-state index < -0.39 is 0 Å². The van der Waals surface area contributed by atoms with Crippen LogP contribution in [0, 0.1) is 0 Å².